The molecule has 70 valence electrons. The summed E-state index contributed by atoms with van der Waals surface area (Å²) in [4.78, 5) is 4.12. The van der Waals surface area contributed by atoms with E-state index in [1.807, 2.05) is 42.5 Å². The number of aromatic nitrogens is 2. The van der Waals surface area contributed by atoms with Gasteiger partial charge in [0.15, 0.2) is 3.95 Å². The average Bonchev–Trinajstić information content (AvgIpc) is 2.63. The lowest BCUT2D eigenvalue weighted by Gasteiger charge is -1.89. The van der Waals surface area contributed by atoms with Crippen molar-refractivity contribution >= 4 is 35.9 Å². The summed E-state index contributed by atoms with van der Waals surface area (Å²) in [5, 5.41) is 0. The largest absolute Gasteiger partial charge is 0.293 e. The molecule has 1 aromatic carbocycles. The molecule has 0 aliphatic heterocycles. The molecule has 2 nitrogen and oxygen atoms in total. The first-order valence-corrected chi connectivity index (χ1v) is 5.36. The molecule has 14 heavy (non-hydrogen) atoms. The van der Waals surface area contributed by atoms with Crippen molar-refractivity contribution in [3.63, 3.8) is 0 Å². The Morgan fingerprint density at radius 3 is 2.64 bits per heavy atom. The molecule has 0 saturated heterocycles. The van der Waals surface area contributed by atoms with Gasteiger partial charge in [0.05, 0.1) is 0 Å². The number of benzene rings is 1. The van der Waals surface area contributed by atoms with E-state index in [1.165, 1.54) is 11.5 Å². The topological polar surface area (TPSA) is 28.7 Å². The number of hydrogen-bond donors (Lipinski definition) is 1. The highest BCUT2D eigenvalue weighted by Crippen LogP contribution is 2.05. The molecule has 0 fully saturated rings. The Morgan fingerprint density at radius 2 is 2.00 bits per heavy atom. The molecule has 0 unspecified atom stereocenters. The first kappa shape index (κ1) is 9.30. The molecule has 4 heteroatoms. The summed E-state index contributed by atoms with van der Waals surface area (Å²) in [7, 11) is 0. The Bertz CT molecular complexity index is 482. The van der Waals surface area contributed by atoms with E-state index in [0.29, 0.717) is 3.95 Å². The maximum Gasteiger partial charge on any atom is 0.198 e. The minimum Gasteiger partial charge on any atom is -0.293 e. The van der Waals surface area contributed by atoms with E-state index in [0.717, 1.165) is 11.4 Å². The van der Waals surface area contributed by atoms with Crippen LogP contribution < -0.4 is 0 Å². The van der Waals surface area contributed by atoms with Crippen LogP contribution in [0.1, 0.15) is 11.4 Å². The van der Waals surface area contributed by atoms with Gasteiger partial charge in [-0.05, 0) is 35.4 Å². The monoisotopic (exact) mass is 220 g/mol. The number of aromatic amines is 1. The summed E-state index contributed by atoms with van der Waals surface area (Å²) >= 11 is 6.27. The summed E-state index contributed by atoms with van der Waals surface area (Å²) in [5.41, 5.74) is 1.15. The van der Waals surface area contributed by atoms with Crippen LogP contribution in [0, 0.1) is 3.95 Å². The van der Waals surface area contributed by atoms with Crippen molar-refractivity contribution in [1.82, 2.24) is 9.36 Å². The highest BCUT2D eigenvalue weighted by atomic mass is 32.2. The van der Waals surface area contributed by atoms with E-state index >= 15 is 0 Å². The highest BCUT2D eigenvalue weighted by Gasteiger charge is 1.89. The Labute approximate surface area is 91.1 Å². The van der Waals surface area contributed by atoms with Crippen LogP contribution in [0.25, 0.3) is 12.2 Å². The molecule has 0 atom stereocenters. The van der Waals surface area contributed by atoms with Gasteiger partial charge in [-0.15, -0.1) is 0 Å². The van der Waals surface area contributed by atoms with Crippen molar-refractivity contribution in [1.29, 1.82) is 0 Å². The molecule has 0 aliphatic rings. The molecular formula is C10H8N2S2. The van der Waals surface area contributed by atoms with Crippen LogP contribution in [-0.4, -0.2) is 9.36 Å². The molecule has 0 bridgehead atoms. The van der Waals surface area contributed by atoms with Crippen molar-refractivity contribution in [2.45, 2.75) is 0 Å². The van der Waals surface area contributed by atoms with Gasteiger partial charge in [-0.3, -0.25) is 4.37 Å². The van der Waals surface area contributed by atoms with Crippen LogP contribution in [0.2, 0.25) is 0 Å². The van der Waals surface area contributed by atoms with E-state index in [4.69, 9.17) is 12.2 Å². The number of nitrogens with one attached hydrogen (secondary N) is 1. The minimum absolute atomic E-state index is 0.637. The van der Waals surface area contributed by atoms with E-state index in [1.54, 1.807) is 0 Å². The molecule has 1 heterocycles. The van der Waals surface area contributed by atoms with Gasteiger partial charge in [0, 0.05) is 0 Å². The van der Waals surface area contributed by atoms with Crippen LogP contribution in [0.3, 0.4) is 0 Å². The van der Waals surface area contributed by atoms with E-state index in [9.17, 15) is 0 Å². The molecule has 1 N–H and O–H groups in total. The Balaban J connectivity index is 2.19. The number of nitrogens with zero attached hydrogens (tertiary/aromatic N) is 1. The third kappa shape index (κ3) is 2.37. The van der Waals surface area contributed by atoms with Crippen molar-refractivity contribution in [3.05, 3.63) is 45.7 Å². The third-order valence-electron chi connectivity index (χ3n) is 1.69. The lowest BCUT2D eigenvalue weighted by atomic mass is 10.2. The SMILES string of the molecule is S=c1nc(/C=C/c2ccccc2)[nH]s1. The molecule has 1 aromatic heterocycles. The second-order valence-corrected chi connectivity index (χ2v) is 4.15. The van der Waals surface area contributed by atoms with Gasteiger partial charge in [0.25, 0.3) is 0 Å². The summed E-state index contributed by atoms with van der Waals surface area (Å²) in [6.07, 6.45) is 3.92. The summed E-state index contributed by atoms with van der Waals surface area (Å²) < 4.78 is 3.65. The predicted molar refractivity (Wildman–Crippen MR) is 62.7 cm³/mol. The van der Waals surface area contributed by atoms with Crippen LogP contribution in [0.4, 0.5) is 0 Å². The van der Waals surface area contributed by atoms with Crippen LogP contribution in [0.5, 0.6) is 0 Å². The second kappa shape index (κ2) is 4.30. The first-order valence-electron chi connectivity index (χ1n) is 4.13. The summed E-state index contributed by atoms with van der Waals surface area (Å²) in [6.45, 7) is 0. The van der Waals surface area contributed by atoms with Gasteiger partial charge in [-0.1, -0.05) is 36.4 Å². The Kier molecular flexibility index (Phi) is 2.86. The van der Waals surface area contributed by atoms with Gasteiger partial charge < -0.3 is 0 Å². The fraction of sp³-hybridized carbons (Fsp3) is 0. The maximum atomic E-state index is 4.91. The lowest BCUT2D eigenvalue weighted by Crippen LogP contribution is -1.73. The standard InChI is InChI=1S/C10H8N2S2/c13-10-11-9(12-14-10)7-6-8-4-2-1-3-5-8/h1-7H,(H,11,12,13)/b7-6+. The fourth-order valence-corrected chi connectivity index (χ4v) is 1.72. The predicted octanol–water partition coefficient (Wildman–Crippen LogP) is 3.37. The zero-order valence-corrected chi connectivity index (χ0v) is 8.94. The quantitative estimate of drug-likeness (QED) is 0.786. The molecule has 0 spiro atoms. The van der Waals surface area contributed by atoms with Gasteiger partial charge in [0.1, 0.15) is 5.82 Å². The van der Waals surface area contributed by atoms with Crippen LogP contribution in [0.15, 0.2) is 30.3 Å². The second-order valence-electron chi connectivity index (χ2n) is 2.71. The third-order valence-corrected chi connectivity index (χ3v) is 2.61. The maximum absolute atomic E-state index is 4.91. The molecule has 0 saturated carbocycles. The van der Waals surface area contributed by atoms with Gasteiger partial charge >= 0.3 is 0 Å². The number of H-pyrrole nitrogens is 1. The lowest BCUT2D eigenvalue weighted by molar-refractivity contribution is 1.27. The van der Waals surface area contributed by atoms with Crippen molar-refractivity contribution < 1.29 is 0 Å². The van der Waals surface area contributed by atoms with Gasteiger partial charge in [-0.25, -0.2) is 4.98 Å². The van der Waals surface area contributed by atoms with Gasteiger partial charge in [0.2, 0.25) is 0 Å². The van der Waals surface area contributed by atoms with Crippen LogP contribution in [-0.2, 0) is 0 Å². The normalized spacial score (nSPS) is 10.9. The molecule has 0 radical (unpaired) electrons. The van der Waals surface area contributed by atoms with Gasteiger partial charge in [-0.2, -0.15) is 0 Å². The molecule has 2 rings (SSSR count). The summed E-state index contributed by atoms with van der Waals surface area (Å²) in [6, 6.07) is 10.1. The highest BCUT2D eigenvalue weighted by molar-refractivity contribution is 7.73. The molecular weight excluding hydrogens is 212 g/mol. The number of hydrogen-bond acceptors (Lipinski definition) is 3. The first-order chi connectivity index (χ1) is 6.84. The molecule has 0 aliphatic carbocycles. The zero-order valence-electron chi connectivity index (χ0n) is 7.31. The van der Waals surface area contributed by atoms with E-state index < -0.39 is 0 Å². The Morgan fingerprint density at radius 1 is 1.21 bits per heavy atom. The molecule has 2 aromatic rings. The smallest absolute Gasteiger partial charge is 0.198 e. The van der Waals surface area contributed by atoms with Crippen molar-refractivity contribution in [2.75, 3.05) is 0 Å². The van der Waals surface area contributed by atoms with E-state index in [2.05, 4.69) is 9.36 Å². The number of rotatable bonds is 2. The zero-order chi connectivity index (χ0) is 9.80. The Hall–Kier alpha value is -1.26. The minimum atomic E-state index is 0.637. The van der Waals surface area contributed by atoms with E-state index in [-0.39, 0.29) is 0 Å². The fourth-order valence-electron chi connectivity index (χ4n) is 1.05. The molecule has 0 amide bonds. The average molecular weight is 220 g/mol. The van der Waals surface area contributed by atoms with Crippen molar-refractivity contribution in [2.24, 2.45) is 0 Å². The van der Waals surface area contributed by atoms with Crippen molar-refractivity contribution in [3.8, 4) is 0 Å². The van der Waals surface area contributed by atoms with Crippen LogP contribution >= 0.6 is 23.8 Å². The summed E-state index contributed by atoms with van der Waals surface area (Å²) in [5.74, 6) is 0.809.